The zero-order valence-electron chi connectivity index (χ0n) is 7.35. The minimum absolute atomic E-state index is 0.382. The number of rotatable bonds is 2. The fraction of sp³-hybridized carbons (Fsp3) is 0.250. The molecule has 0 aliphatic carbocycles. The molecule has 1 rings (SSSR count). The van der Waals surface area contributed by atoms with Gasteiger partial charge in [0.2, 0.25) is 0 Å². The van der Waals surface area contributed by atoms with E-state index in [1.54, 1.807) is 26.4 Å². The average Bonchev–Trinajstić information content (AvgIpc) is 2.09. The summed E-state index contributed by atoms with van der Waals surface area (Å²) >= 11 is 3.23. The van der Waals surface area contributed by atoms with Crippen molar-refractivity contribution in [2.24, 2.45) is 0 Å². The topological polar surface area (TPSA) is 18.5 Å². The smallest absolute Gasteiger partial charge is 0.161 e. The fourth-order valence-corrected chi connectivity index (χ4v) is 1.07. The van der Waals surface area contributed by atoms with Crippen LogP contribution in [-0.4, -0.2) is 14.2 Å². The zero-order valence-corrected chi connectivity index (χ0v) is 7.94. The predicted octanol–water partition coefficient (Wildman–Crippen LogP) is 2.47. The van der Waals surface area contributed by atoms with Crippen molar-refractivity contribution in [1.29, 1.82) is 0 Å². The molecule has 1 aromatic rings. The molecule has 0 radical (unpaired) electrons. The number of benzene rings is 1. The number of methoxy groups -OCH3 is 2. The zero-order chi connectivity index (χ0) is 9.14. The molecule has 0 amide bonds. The molecule has 3 heteroatoms. The average molecular weight is 218 g/mol. The van der Waals surface area contributed by atoms with Gasteiger partial charge in [-0.2, -0.15) is 0 Å². The number of halogens is 1. The lowest BCUT2D eigenvalue weighted by Crippen LogP contribution is -1.89. The first-order valence-corrected chi connectivity index (χ1v) is 3.86. The van der Waals surface area contributed by atoms with Crippen LogP contribution in [0.5, 0.6) is 11.5 Å². The summed E-state index contributed by atoms with van der Waals surface area (Å²) in [5, 5.41) is 0. The molecule has 0 bridgehead atoms. The van der Waals surface area contributed by atoms with Crippen LogP contribution in [0.3, 0.4) is 0 Å². The van der Waals surface area contributed by atoms with Crippen molar-refractivity contribution in [3.05, 3.63) is 22.6 Å². The summed E-state index contributed by atoms with van der Waals surface area (Å²) in [5.41, 5.74) is 0. The molecule has 0 unspecified atom stereocenters. The van der Waals surface area contributed by atoms with Crippen molar-refractivity contribution in [2.75, 3.05) is 14.2 Å². The maximum Gasteiger partial charge on any atom is 0.161 e. The van der Waals surface area contributed by atoms with Gasteiger partial charge < -0.3 is 9.47 Å². The highest BCUT2D eigenvalue weighted by Gasteiger charge is 2.01. The van der Waals surface area contributed by atoms with Crippen LogP contribution in [0, 0.1) is 0 Å². The summed E-state index contributed by atoms with van der Waals surface area (Å²) in [6, 6.07) is 3.69. The molecule has 0 fully saturated rings. The molecule has 0 aliphatic heterocycles. The summed E-state index contributed by atoms with van der Waals surface area (Å²) < 4.78 is 18.2. The van der Waals surface area contributed by atoms with Crippen LogP contribution >= 0.6 is 15.9 Å². The number of hydrogen-bond donors (Lipinski definition) is 0. The minimum atomic E-state index is 0.382. The summed E-state index contributed by atoms with van der Waals surface area (Å²) in [6.45, 7) is 0. The molecule has 11 heavy (non-hydrogen) atoms. The summed E-state index contributed by atoms with van der Waals surface area (Å²) in [4.78, 5) is 0. The van der Waals surface area contributed by atoms with Gasteiger partial charge in [0, 0.05) is 4.47 Å². The lowest BCUT2D eigenvalue weighted by molar-refractivity contribution is 0.354. The lowest BCUT2D eigenvalue weighted by atomic mass is 10.3. The second-order valence-electron chi connectivity index (χ2n) is 1.92. The van der Waals surface area contributed by atoms with E-state index in [4.69, 9.17) is 10.8 Å². The SMILES string of the molecule is [2H]c1cc(OC)c(OC)cc1Br. The maximum atomic E-state index is 7.45. The third-order valence-corrected chi connectivity index (χ3v) is 1.74. The highest BCUT2D eigenvalue weighted by Crippen LogP contribution is 2.29. The monoisotopic (exact) mass is 217 g/mol. The standard InChI is InChI=1S/C8H9BrO2/c1-10-7-4-3-6(9)5-8(7)11-2/h3-5H,1-2H3/i3D. The molecule has 60 valence electrons. The molecule has 0 saturated heterocycles. The second-order valence-corrected chi connectivity index (χ2v) is 2.77. The minimum Gasteiger partial charge on any atom is -0.493 e. The van der Waals surface area contributed by atoms with E-state index in [1.165, 1.54) is 0 Å². The van der Waals surface area contributed by atoms with Crippen LogP contribution in [0.25, 0.3) is 0 Å². The molecule has 2 nitrogen and oxygen atoms in total. The van der Waals surface area contributed by atoms with Crippen LogP contribution < -0.4 is 9.47 Å². The Morgan fingerprint density at radius 2 is 2.00 bits per heavy atom. The van der Waals surface area contributed by atoms with Gasteiger partial charge in [-0.05, 0) is 18.2 Å². The van der Waals surface area contributed by atoms with E-state index in [0.29, 0.717) is 22.0 Å². The Bertz CT molecular complexity index is 260. The molecule has 0 aromatic heterocycles. The van der Waals surface area contributed by atoms with Gasteiger partial charge in [-0.15, -0.1) is 0 Å². The first-order chi connectivity index (χ1) is 5.69. The summed E-state index contributed by atoms with van der Waals surface area (Å²) in [6.07, 6.45) is 0. The highest BCUT2D eigenvalue weighted by atomic mass is 79.9. The van der Waals surface area contributed by atoms with E-state index >= 15 is 0 Å². The quantitative estimate of drug-likeness (QED) is 0.759. The first-order valence-electron chi connectivity index (χ1n) is 3.57. The molecule has 0 heterocycles. The van der Waals surface area contributed by atoms with Crippen LogP contribution in [0.15, 0.2) is 22.6 Å². The van der Waals surface area contributed by atoms with Gasteiger partial charge in [-0.1, -0.05) is 15.9 Å². The summed E-state index contributed by atoms with van der Waals surface area (Å²) in [5.74, 6) is 1.20. The fourth-order valence-electron chi connectivity index (χ4n) is 0.753. The van der Waals surface area contributed by atoms with Gasteiger partial charge in [-0.25, -0.2) is 0 Å². The molecular formula is C8H9BrO2. The van der Waals surface area contributed by atoms with E-state index in [0.717, 1.165) is 0 Å². The summed E-state index contributed by atoms with van der Waals surface area (Å²) in [7, 11) is 3.11. The highest BCUT2D eigenvalue weighted by molar-refractivity contribution is 9.10. The third-order valence-electron chi connectivity index (χ3n) is 1.28. The van der Waals surface area contributed by atoms with E-state index in [1.807, 2.05) is 0 Å². The number of hydrogen-bond acceptors (Lipinski definition) is 2. The normalized spacial score (nSPS) is 10.6. The van der Waals surface area contributed by atoms with Crippen molar-refractivity contribution < 1.29 is 10.8 Å². The van der Waals surface area contributed by atoms with Gasteiger partial charge in [0.05, 0.1) is 15.6 Å². The Balaban J connectivity index is 3.19. The Kier molecular flexibility index (Phi) is 2.30. The van der Waals surface area contributed by atoms with Crippen LogP contribution in [-0.2, 0) is 0 Å². The molecule has 0 atom stereocenters. The van der Waals surface area contributed by atoms with E-state index in [9.17, 15) is 0 Å². The molecule has 0 aliphatic rings. The maximum absolute atomic E-state index is 7.45. The Labute approximate surface area is 75.7 Å². The third kappa shape index (κ3) is 1.87. The van der Waals surface area contributed by atoms with Crippen molar-refractivity contribution in [3.63, 3.8) is 0 Å². The van der Waals surface area contributed by atoms with Gasteiger partial charge >= 0.3 is 0 Å². The predicted molar refractivity (Wildman–Crippen MR) is 47.2 cm³/mol. The Hall–Kier alpha value is -0.700. The molecule has 1 aromatic carbocycles. The van der Waals surface area contributed by atoms with Crippen LogP contribution in [0.2, 0.25) is 0 Å². The molecule has 0 spiro atoms. The van der Waals surface area contributed by atoms with Crippen molar-refractivity contribution in [1.82, 2.24) is 0 Å². The molecular weight excluding hydrogens is 208 g/mol. The van der Waals surface area contributed by atoms with Crippen molar-refractivity contribution in [3.8, 4) is 11.5 Å². The Morgan fingerprint density at radius 3 is 2.55 bits per heavy atom. The lowest BCUT2D eigenvalue weighted by Gasteiger charge is -2.06. The van der Waals surface area contributed by atoms with Gasteiger partial charge in [0.1, 0.15) is 0 Å². The van der Waals surface area contributed by atoms with Crippen molar-refractivity contribution in [2.45, 2.75) is 0 Å². The largest absolute Gasteiger partial charge is 0.493 e. The van der Waals surface area contributed by atoms with Gasteiger partial charge in [-0.3, -0.25) is 0 Å². The van der Waals surface area contributed by atoms with Crippen LogP contribution in [0.1, 0.15) is 1.37 Å². The van der Waals surface area contributed by atoms with E-state index in [2.05, 4.69) is 15.9 Å². The molecule has 0 N–H and O–H groups in total. The van der Waals surface area contributed by atoms with E-state index in [-0.39, 0.29) is 0 Å². The van der Waals surface area contributed by atoms with Gasteiger partial charge in [0.25, 0.3) is 0 Å². The number of ether oxygens (including phenoxy) is 2. The van der Waals surface area contributed by atoms with Crippen molar-refractivity contribution >= 4 is 15.9 Å². The second kappa shape index (κ2) is 3.62. The first kappa shape index (κ1) is 6.98. The van der Waals surface area contributed by atoms with E-state index < -0.39 is 0 Å². The molecule has 0 saturated carbocycles. The van der Waals surface area contributed by atoms with Crippen LogP contribution in [0.4, 0.5) is 0 Å². The van der Waals surface area contributed by atoms with Gasteiger partial charge in [0.15, 0.2) is 11.5 Å². The Morgan fingerprint density at radius 1 is 1.36 bits per heavy atom.